The van der Waals surface area contributed by atoms with E-state index in [9.17, 15) is 12.8 Å². The first-order valence-electron chi connectivity index (χ1n) is 2.75. The number of nitrogens with zero attached hydrogens (tertiary/aromatic N) is 1. The first-order valence-corrected chi connectivity index (χ1v) is 4.90. The molecule has 1 saturated heterocycles. The first kappa shape index (κ1) is 9.98. The van der Waals surface area contributed by atoms with Crippen LogP contribution in [0.2, 0.25) is 0 Å². The molecule has 72 valence electrons. The third-order valence-corrected chi connectivity index (χ3v) is 2.49. The van der Waals surface area contributed by atoms with E-state index in [0.29, 0.717) is 0 Å². The van der Waals surface area contributed by atoms with Crippen LogP contribution >= 0.6 is 19.5 Å². The average molecular weight is 225 g/mol. The predicted molar refractivity (Wildman–Crippen MR) is 36.5 cm³/mol. The molecule has 0 N–H and O–H groups in total. The van der Waals surface area contributed by atoms with E-state index in [1.807, 2.05) is 0 Å². The minimum absolute atomic E-state index is 0.315. The molecule has 0 amide bonds. The Labute approximate surface area is 70.6 Å². The van der Waals surface area contributed by atoms with Gasteiger partial charge in [0.15, 0.2) is 0 Å². The normalized spacial score (nSPS) is 30.7. The van der Waals surface area contributed by atoms with Gasteiger partial charge in [0, 0.05) is 0 Å². The Morgan fingerprint density at radius 3 is 2.33 bits per heavy atom. The van der Waals surface area contributed by atoms with E-state index < -0.39 is 13.3 Å². The van der Waals surface area contributed by atoms with Crippen molar-refractivity contribution in [1.29, 1.82) is 0 Å². The van der Waals surface area contributed by atoms with Crippen molar-refractivity contribution in [1.82, 2.24) is 0 Å². The molecule has 1 fully saturated rings. The number of rotatable bonds is 2. The van der Waals surface area contributed by atoms with Crippen LogP contribution < -0.4 is 0 Å². The van der Waals surface area contributed by atoms with Crippen molar-refractivity contribution in [3.8, 4) is 0 Å². The monoisotopic (exact) mass is 225 g/mol. The van der Waals surface area contributed by atoms with Gasteiger partial charge in [0.1, 0.15) is 0 Å². The van der Waals surface area contributed by atoms with Crippen molar-refractivity contribution in [2.45, 2.75) is 0 Å². The van der Waals surface area contributed by atoms with E-state index in [-0.39, 0.29) is 13.2 Å². The Kier molecular flexibility index (Phi) is 2.49. The maximum atomic E-state index is 12.8. The Bertz CT molecular complexity index is 211. The van der Waals surface area contributed by atoms with Crippen molar-refractivity contribution in [2.75, 3.05) is 13.2 Å². The summed E-state index contributed by atoms with van der Waals surface area (Å²) in [5.74, 6) is 0. The molecule has 0 radical (unpaired) electrons. The van der Waals surface area contributed by atoms with Gasteiger partial charge in [-0.05, 0) is 0 Å². The van der Waals surface area contributed by atoms with Gasteiger partial charge in [0.05, 0.1) is 0 Å². The molecule has 0 aromatic rings. The number of hydrogen-bond donors (Lipinski definition) is 0. The summed E-state index contributed by atoms with van der Waals surface area (Å²) in [6.07, 6.45) is 0. The van der Waals surface area contributed by atoms with Crippen LogP contribution in [0, 0.1) is 0 Å². The van der Waals surface area contributed by atoms with Gasteiger partial charge in [-0.3, -0.25) is 0 Å². The van der Waals surface area contributed by atoms with Crippen LogP contribution in [0.25, 0.3) is 0 Å². The second-order valence-electron chi connectivity index (χ2n) is 1.78. The van der Waals surface area contributed by atoms with Gasteiger partial charge < -0.3 is 0 Å². The molecule has 1 aliphatic rings. The van der Waals surface area contributed by atoms with Gasteiger partial charge in [0.2, 0.25) is 0 Å². The molecule has 1 rings (SSSR count). The van der Waals surface area contributed by atoms with E-state index in [4.69, 9.17) is 0 Å². The summed E-state index contributed by atoms with van der Waals surface area (Å²) in [6.45, 7) is -0.630. The molecule has 4 nitrogen and oxygen atoms in total. The summed E-state index contributed by atoms with van der Waals surface area (Å²) in [7, 11) is -6.12. The van der Waals surface area contributed by atoms with Gasteiger partial charge in [-0.1, -0.05) is 0 Å². The van der Waals surface area contributed by atoms with Crippen LogP contribution in [0.1, 0.15) is 0 Å². The van der Waals surface area contributed by atoms with Gasteiger partial charge in [-0.25, -0.2) is 0 Å². The Morgan fingerprint density at radius 1 is 1.42 bits per heavy atom. The van der Waals surface area contributed by atoms with E-state index >= 15 is 0 Å². The van der Waals surface area contributed by atoms with Crippen molar-refractivity contribution >= 4 is 24.9 Å². The van der Waals surface area contributed by atoms with Crippen LogP contribution in [-0.4, -0.2) is 18.6 Å². The third kappa shape index (κ3) is 2.45. The fourth-order valence-electron chi connectivity index (χ4n) is 0.541. The first-order chi connectivity index (χ1) is 5.41. The van der Waals surface area contributed by atoms with Crippen molar-refractivity contribution in [2.24, 2.45) is 5.16 Å². The second kappa shape index (κ2) is 2.99. The zero-order chi connectivity index (χ0) is 9.27. The molecule has 1 aliphatic heterocycles. The SMILES string of the molecule is FC(Cl)=NOP1(F)(F)OCCO1. The van der Waals surface area contributed by atoms with Crippen LogP contribution in [0.4, 0.5) is 12.8 Å². The van der Waals surface area contributed by atoms with Gasteiger partial charge in [-0.15, -0.1) is 0 Å². The molecular formula is C3H4ClF3NO3P. The molecular weight excluding hydrogens is 221 g/mol. The molecule has 0 atom stereocenters. The average Bonchev–Trinajstić information content (AvgIpc) is 2.30. The maximum absolute atomic E-state index is 12.8. The van der Waals surface area contributed by atoms with Crippen molar-refractivity contribution in [3.05, 3.63) is 0 Å². The fourth-order valence-corrected chi connectivity index (χ4v) is 1.72. The summed E-state index contributed by atoms with van der Waals surface area (Å²) in [5, 5.41) is 2.22. The summed E-state index contributed by atoms with van der Waals surface area (Å²) in [4.78, 5) is 0. The second-order valence-corrected chi connectivity index (χ2v) is 4.18. The van der Waals surface area contributed by atoms with E-state index in [1.54, 1.807) is 0 Å². The summed E-state index contributed by atoms with van der Waals surface area (Å²) >= 11 is 4.51. The molecule has 0 aromatic carbocycles. The van der Waals surface area contributed by atoms with Crippen LogP contribution in [0.3, 0.4) is 0 Å². The van der Waals surface area contributed by atoms with Crippen LogP contribution in [0.15, 0.2) is 5.16 Å². The van der Waals surface area contributed by atoms with Crippen molar-refractivity contribution < 1.29 is 26.5 Å². The van der Waals surface area contributed by atoms with Gasteiger partial charge >= 0.3 is 69.8 Å². The zero-order valence-electron chi connectivity index (χ0n) is 5.55. The molecule has 9 heteroatoms. The Morgan fingerprint density at radius 2 is 1.92 bits per heavy atom. The number of hydrogen-bond acceptors (Lipinski definition) is 4. The van der Waals surface area contributed by atoms with Crippen LogP contribution in [-0.2, 0) is 13.7 Å². The molecule has 0 aromatic heterocycles. The number of halogens is 4. The summed E-state index contributed by atoms with van der Waals surface area (Å²) in [5.41, 5.74) is -1.64. The van der Waals surface area contributed by atoms with Gasteiger partial charge in [0.25, 0.3) is 0 Å². The molecule has 0 spiro atoms. The van der Waals surface area contributed by atoms with Crippen LogP contribution in [0.5, 0.6) is 0 Å². The third-order valence-electron chi connectivity index (χ3n) is 0.910. The standard InChI is InChI=1S/C3H4ClF3NO3P/c4-3(5)8-11-12(6,7)9-1-2-10-12/h1-2H2. The molecule has 0 saturated carbocycles. The molecule has 0 aliphatic carbocycles. The predicted octanol–water partition coefficient (Wildman–Crippen LogP) is 2.60. The topological polar surface area (TPSA) is 40.0 Å². The van der Waals surface area contributed by atoms with E-state index in [1.165, 1.54) is 0 Å². The molecule has 1 heterocycles. The Balaban J connectivity index is 2.64. The molecule has 0 unspecified atom stereocenters. The summed E-state index contributed by atoms with van der Waals surface area (Å²) in [6, 6.07) is 0. The Hall–Kier alpha value is -0.100. The quantitative estimate of drug-likeness (QED) is 0.412. The summed E-state index contributed by atoms with van der Waals surface area (Å²) < 4.78 is 48.6. The fraction of sp³-hybridized carbons (Fsp3) is 0.667. The van der Waals surface area contributed by atoms with Gasteiger partial charge in [-0.2, -0.15) is 0 Å². The number of oxime groups is 1. The van der Waals surface area contributed by atoms with Crippen molar-refractivity contribution in [3.63, 3.8) is 0 Å². The van der Waals surface area contributed by atoms with E-state index in [2.05, 4.69) is 30.4 Å². The zero-order valence-corrected chi connectivity index (χ0v) is 7.20. The van der Waals surface area contributed by atoms with E-state index in [0.717, 1.165) is 0 Å². The minimum atomic E-state index is -6.12. The molecule has 12 heavy (non-hydrogen) atoms. The molecule has 0 bridgehead atoms.